The van der Waals surface area contributed by atoms with E-state index in [4.69, 9.17) is 14.5 Å². The molecule has 0 atom stereocenters. The fraction of sp³-hybridized carbons (Fsp3) is 0.435. The summed E-state index contributed by atoms with van der Waals surface area (Å²) in [6.45, 7) is 5.73. The van der Waals surface area contributed by atoms with Gasteiger partial charge in [-0.15, -0.1) is 0 Å². The van der Waals surface area contributed by atoms with Crippen molar-refractivity contribution in [2.45, 2.75) is 39.7 Å². The molecule has 4 rings (SSSR count). The summed E-state index contributed by atoms with van der Waals surface area (Å²) in [5.41, 5.74) is 2.25. The molecular weight excluding hydrogens is 422 g/mol. The van der Waals surface area contributed by atoms with Gasteiger partial charge in [0.2, 0.25) is 5.95 Å². The van der Waals surface area contributed by atoms with Crippen molar-refractivity contribution in [2.24, 2.45) is 7.05 Å². The summed E-state index contributed by atoms with van der Waals surface area (Å²) < 4.78 is 16.1. The van der Waals surface area contributed by atoms with Crippen molar-refractivity contribution >= 4 is 11.0 Å². The highest BCUT2D eigenvalue weighted by Gasteiger charge is 2.23. The van der Waals surface area contributed by atoms with Crippen LogP contribution in [0.15, 0.2) is 35.4 Å². The minimum atomic E-state index is -0.223. The number of nitrogens with zero attached hydrogens (tertiary/aromatic N) is 7. The molecule has 0 unspecified atom stereocenters. The van der Waals surface area contributed by atoms with Crippen molar-refractivity contribution in [1.82, 2.24) is 34.1 Å². The number of aromatic nitrogens is 7. The zero-order valence-electron chi connectivity index (χ0n) is 19.5. The molecule has 3 aromatic heterocycles. The molecule has 0 saturated heterocycles. The summed E-state index contributed by atoms with van der Waals surface area (Å²) in [7, 11) is 3.35. The number of hydrogen-bond donors (Lipinski definition) is 0. The molecule has 0 N–H and O–H groups in total. The fourth-order valence-electron chi connectivity index (χ4n) is 3.76. The van der Waals surface area contributed by atoms with E-state index in [1.807, 2.05) is 24.3 Å². The van der Waals surface area contributed by atoms with Gasteiger partial charge in [0.1, 0.15) is 23.4 Å². The zero-order chi connectivity index (χ0) is 23.4. The maximum Gasteiger partial charge on any atom is 0.281 e. The Morgan fingerprint density at radius 2 is 1.88 bits per heavy atom. The van der Waals surface area contributed by atoms with E-state index >= 15 is 0 Å². The second-order valence-corrected chi connectivity index (χ2v) is 7.73. The molecule has 0 aliphatic heterocycles. The lowest BCUT2D eigenvalue weighted by Crippen LogP contribution is -2.20. The average Bonchev–Trinajstić information content (AvgIpc) is 3.43. The first-order chi connectivity index (χ1) is 16.1. The number of aryl methyl sites for hydroxylation is 1. The monoisotopic (exact) mass is 451 g/mol. The first-order valence-electron chi connectivity index (χ1n) is 11.2. The third-order valence-electron chi connectivity index (χ3n) is 5.36. The lowest BCUT2D eigenvalue weighted by molar-refractivity contribution is 0.183. The van der Waals surface area contributed by atoms with Crippen molar-refractivity contribution in [3.05, 3.63) is 46.6 Å². The van der Waals surface area contributed by atoms with Gasteiger partial charge in [-0.3, -0.25) is 9.36 Å². The number of rotatable bonds is 10. The number of methoxy groups -OCH3 is 1. The lowest BCUT2D eigenvalue weighted by Gasteiger charge is -2.13. The van der Waals surface area contributed by atoms with Gasteiger partial charge >= 0.3 is 0 Å². The molecule has 4 aromatic rings. The molecule has 174 valence electrons. The molecule has 0 aliphatic rings. The van der Waals surface area contributed by atoms with Crippen LogP contribution < -0.4 is 10.3 Å². The average molecular weight is 452 g/mol. The Balaban J connectivity index is 1.93. The molecule has 0 radical (unpaired) electrons. The van der Waals surface area contributed by atoms with E-state index in [0.717, 1.165) is 24.1 Å². The highest BCUT2D eigenvalue weighted by atomic mass is 16.5. The molecule has 0 spiro atoms. The SMILES string of the molecule is CCCOc1ccccc1-c1nc2c(CCC)n(-c3ncnn3CCOC)nc2c(=O)n1C. The number of para-hydroxylation sites is 1. The van der Waals surface area contributed by atoms with Crippen LogP contribution in [0.1, 0.15) is 32.4 Å². The second kappa shape index (κ2) is 9.95. The molecule has 10 heteroatoms. The van der Waals surface area contributed by atoms with E-state index < -0.39 is 0 Å². The van der Waals surface area contributed by atoms with E-state index in [0.29, 0.717) is 54.7 Å². The van der Waals surface area contributed by atoms with E-state index in [2.05, 4.69) is 29.0 Å². The minimum Gasteiger partial charge on any atom is -0.493 e. The molecular formula is C23H29N7O3. The lowest BCUT2D eigenvalue weighted by atomic mass is 10.1. The minimum absolute atomic E-state index is 0.223. The maximum atomic E-state index is 13.4. The summed E-state index contributed by atoms with van der Waals surface area (Å²) in [4.78, 5) is 22.7. The van der Waals surface area contributed by atoms with E-state index in [9.17, 15) is 4.79 Å². The maximum absolute atomic E-state index is 13.4. The number of hydrogen-bond acceptors (Lipinski definition) is 7. The number of benzene rings is 1. The van der Waals surface area contributed by atoms with Gasteiger partial charge in [0, 0.05) is 14.2 Å². The Morgan fingerprint density at radius 3 is 2.64 bits per heavy atom. The standard InChI is InChI=1S/C23H29N7O3/c1-5-9-17-19-20(27-30(17)23-24-15-25-29(23)12-14-32-4)22(31)28(3)21(26-19)16-10-7-8-11-18(16)33-13-6-2/h7-8,10-11,15H,5-6,9,12-14H2,1-4H3. The zero-order valence-corrected chi connectivity index (χ0v) is 19.5. The van der Waals surface area contributed by atoms with E-state index in [-0.39, 0.29) is 5.56 Å². The van der Waals surface area contributed by atoms with Gasteiger partial charge in [0.25, 0.3) is 5.56 Å². The van der Waals surface area contributed by atoms with Crippen LogP contribution in [-0.2, 0) is 24.8 Å². The van der Waals surface area contributed by atoms with Gasteiger partial charge in [-0.05, 0) is 25.0 Å². The molecule has 0 aliphatic carbocycles. The van der Waals surface area contributed by atoms with Crippen LogP contribution in [0.25, 0.3) is 28.4 Å². The van der Waals surface area contributed by atoms with Gasteiger partial charge in [0.15, 0.2) is 5.52 Å². The van der Waals surface area contributed by atoms with Crippen LogP contribution in [-0.4, -0.2) is 54.4 Å². The van der Waals surface area contributed by atoms with Crippen molar-refractivity contribution in [2.75, 3.05) is 20.3 Å². The van der Waals surface area contributed by atoms with Crippen molar-refractivity contribution < 1.29 is 9.47 Å². The third-order valence-corrected chi connectivity index (χ3v) is 5.36. The third kappa shape index (κ3) is 4.25. The van der Waals surface area contributed by atoms with Gasteiger partial charge in [-0.1, -0.05) is 32.4 Å². The van der Waals surface area contributed by atoms with Crippen LogP contribution in [0, 0.1) is 0 Å². The van der Waals surface area contributed by atoms with Crippen molar-refractivity contribution in [3.8, 4) is 23.1 Å². The Morgan fingerprint density at radius 1 is 1.06 bits per heavy atom. The largest absolute Gasteiger partial charge is 0.493 e. The predicted octanol–water partition coefficient (Wildman–Crippen LogP) is 2.77. The van der Waals surface area contributed by atoms with Gasteiger partial charge in [-0.25, -0.2) is 14.3 Å². The summed E-state index contributed by atoms with van der Waals surface area (Å²) in [5, 5.41) is 8.93. The summed E-state index contributed by atoms with van der Waals surface area (Å²) >= 11 is 0. The van der Waals surface area contributed by atoms with Crippen LogP contribution in [0.2, 0.25) is 0 Å². The summed E-state index contributed by atoms with van der Waals surface area (Å²) in [6, 6.07) is 7.65. The Hall–Kier alpha value is -3.53. The fourth-order valence-corrected chi connectivity index (χ4v) is 3.76. The van der Waals surface area contributed by atoms with E-state index in [1.54, 1.807) is 23.5 Å². The number of ether oxygens (including phenoxy) is 2. The normalized spacial score (nSPS) is 11.4. The molecule has 0 amide bonds. The first-order valence-corrected chi connectivity index (χ1v) is 11.2. The van der Waals surface area contributed by atoms with Crippen LogP contribution in [0.4, 0.5) is 0 Å². The Bertz CT molecular complexity index is 1310. The molecule has 0 saturated carbocycles. The Labute approximate surface area is 191 Å². The molecule has 0 bridgehead atoms. The number of fused-ring (bicyclic) bond motifs is 1. The molecule has 1 aromatic carbocycles. The van der Waals surface area contributed by atoms with Crippen LogP contribution in [0.5, 0.6) is 5.75 Å². The first kappa shape index (κ1) is 22.7. The van der Waals surface area contributed by atoms with Crippen molar-refractivity contribution in [3.63, 3.8) is 0 Å². The molecule has 0 fully saturated rings. The smallest absolute Gasteiger partial charge is 0.281 e. The quantitative estimate of drug-likeness (QED) is 0.365. The van der Waals surface area contributed by atoms with Gasteiger partial charge in [-0.2, -0.15) is 15.2 Å². The summed E-state index contributed by atoms with van der Waals surface area (Å²) in [6.07, 6.45) is 3.90. The predicted molar refractivity (Wildman–Crippen MR) is 125 cm³/mol. The van der Waals surface area contributed by atoms with Crippen molar-refractivity contribution in [1.29, 1.82) is 0 Å². The second-order valence-electron chi connectivity index (χ2n) is 7.73. The molecule has 3 heterocycles. The summed E-state index contributed by atoms with van der Waals surface area (Å²) in [5.74, 6) is 1.77. The van der Waals surface area contributed by atoms with Crippen LogP contribution in [0.3, 0.4) is 0 Å². The van der Waals surface area contributed by atoms with Gasteiger partial charge < -0.3 is 9.47 Å². The highest BCUT2D eigenvalue weighted by molar-refractivity contribution is 5.80. The van der Waals surface area contributed by atoms with Crippen LogP contribution >= 0.6 is 0 Å². The molecule has 33 heavy (non-hydrogen) atoms. The molecule has 10 nitrogen and oxygen atoms in total. The highest BCUT2D eigenvalue weighted by Crippen LogP contribution is 2.29. The topological polar surface area (TPSA) is 102 Å². The Kier molecular flexibility index (Phi) is 6.83. The van der Waals surface area contributed by atoms with Gasteiger partial charge in [0.05, 0.1) is 31.0 Å². The van der Waals surface area contributed by atoms with E-state index in [1.165, 1.54) is 10.9 Å².